The zero-order valence-electron chi connectivity index (χ0n) is 9.05. The average molecular weight is 329 g/mol. The molecule has 0 atom stereocenters. The van der Waals surface area contributed by atoms with Gasteiger partial charge in [-0.3, -0.25) is 0 Å². The molecule has 0 aliphatic rings. The molecule has 2 heterocycles. The second kappa shape index (κ2) is 5.67. The van der Waals surface area contributed by atoms with Crippen LogP contribution in [0, 0.1) is 11.3 Å². The minimum absolute atomic E-state index is 0.395. The molecular formula is C10H9BrN4S2. The molecule has 17 heavy (non-hydrogen) atoms. The van der Waals surface area contributed by atoms with Gasteiger partial charge in [-0.2, -0.15) is 5.26 Å². The molecule has 2 aromatic heterocycles. The van der Waals surface area contributed by atoms with Gasteiger partial charge in [0.05, 0.1) is 16.7 Å². The van der Waals surface area contributed by atoms with Gasteiger partial charge in [-0.15, -0.1) is 21.5 Å². The van der Waals surface area contributed by atoms with Crippen molar-refractivity contribution in [1.82, 2.24) is 14.8 Å². The first-order chi connectivity index (χ1) is 8.26. The number of thioether (sulfide) groups is 1. The van der Waals surface area contributed by atoms with Gasteiger partial charge in [-0.05, 0) is 28.9 Å². The SMILES string of the molecule is CCn1c(SCC#N)nnc1-c1cc(Br)cs1. The highest BCUT2D eigenvalue weighted by molar-refractivity contribution is 9.10. The normalized spacial score (nSPS) is 10.4. The maximum atomic E-state index is 8.59. The van der Waals surface area contributed by atoms with E-state index in [2.05, 4.69) is 32.2 Å². The molecular weight excluding hydrogens is 320 g/mol. The molecule has 0 spiro atoms. The van der Waals surface area contributed by atoms with Gasteiger partial charge in [0, 0.05) is 16.4 Å². The summed E-state index contributed by atoms with van der Waals surface area (Å²) in [6.07, 6.45) is 0. The summed E-state index contributed by atoms with van der Waals surface area (Å²) in [5.74, 6) is 1.26. The van der Waals surface area contributed by atoms with Crippen LogP contribution in [-0.2, 0) is 6.54 Å². The predicted octanol–water partition coefficient (Wildman–Crippen LogP) is 3.40. The summed E-state index contributed by atoms with van der Waals surface area (Å²) in [5, 5.41) is 19.7. The molecule has 0 fully saturated rings. The topological polar surface area (TPSA) is 54.5 Å². The van der Waals surface area contributed by atoms with E-state index in [0.717, 1.165) is 26.9 Å². The molecule has 7 heteroatoms. The second-order valence-electron chi connectivity index (χ2n) is 3.13. The summed E-state index contributed by atoms with van der Waals surface area (Å²) in [5.41, 5.74) is 0. The van der Waals surface area contributed by atoms with E-state index < -0.39 is 0 Å². The van der Waals surface area contributed by atoms with Gasteiger partial charge >= 0.3 is 0 Å². The Kier molecular flexibility index (Phi) is 4.20. The Morgan fingerprint density at radius 1 is 1.59 bits per heavy atom. The number of halogens is 1. The quantitative estimate of drug-likeness (QED) is 0.807. The number of hydrogen-bond donors (Lipinski definition) is 0. The van der Waals surface area contributed by atoms with Crippen molar-refractivity contribution in [3.8, 4) is 16.8 Å². The maximum absolute atomic E-state index is 8.59. The molecule has 0 radical (unpaired) electrons. The molecule has 0 unspecified atom stereocenters. The van der Waals surface area contributed by atoms with Crippen molar-refractivity contribution in [3.05, 3.63) is 15.9 Å². The highest BCUT2D eigenvalue weighted by atomic mass is 79.9. The lowest BCUT2D eigenvalue weighted by atomic mass is 10.4. The van der Waals surface area contributed by atoms with E-state index in [-0.39, 0.29) is 0 Å². The van der Waals surface area contributed by atoms with Gasteiger partial charge in [-0.25, -0.2) is 0 Å². The number of rotatable bonds is 4. The Balaban J connectivity index is 2.35. The number of nitrogens with zero attached hydrogens (tertiary/aromatic N) is 4. The van der Waals surface area contributed by atoms with Crippen LogP contribution in [0.5, 0.6) is 0 Å². The van der Waals surface area contributed by atoms with Crippen molar-refractivity contribution in [1.29, 1.82) is 5.26 Å². The van der Waals surface area contributed by atoms with Crippen molar-refractivity contribution in [2.75, 3.05) is 5.75 Å². The number of aromatic nitrogens is 3. The minimum Gasteiger partial charge on any atom is -0.302 e. The van der Waals surface area contributed by atoms with Crippen LogP contribution >= 0.6 is 39.0 Å². The molecule has 2 aromatic rings. The molecule has 0 bridgehead atoms. The Morgan fingerprint density at radius 2 is 2.41 bits per heavy atom. The fourth-order valence-corrected chi connectivity index (χ4v) is 3.47. The monoisotopic (exact) mass is 328 g/mol. The predicted molar refractivity (Wildman–Crippen MR) is 73.0 cm³/mol. The third-order valence-corrected chi connectivity index (χ3v) is 4.61. The van der Waals surface area contributed by atoms with Crippen molar-refractivity contribution < 1.29 is 0 Å². The van der Waals surface area contributed by atoms with Crippen LogP contribution in [0.1, 0.15) is 6.92 Å². The Labute approximate surface area is 116 Å². The molecule has 2 rings (SSSR count). The van der Waals surface area contributed by atoms with E-state index in [1.54, 1.807) is 11.3 Å². The van der Waals surface area contributed by atoms with E-state index in [4.69, 9.17) is 5.26 Å². The van der Waals surface area contributed by atoms with Crippen LogP contribution in [0.4, 0.5) is 0 Å². The summed E-state index contributed by atoms with van der Waals surface area (Å²) in [7, 11) is 0. The fraction of sp³-hybridized carbons (Fsp3) is 0.300. The van der Waals surface area contributed by atoms with Gasteiger partial charge in [-0.1, -0.05) is 11.8 Å². The van der Waals surface area contributed by atoms with Crippen LogP contribution in [0.3, 0.4) is 0 Å². The van der Waals surface area contributed by atoms with Crippen molar-refractivity contribution in [2.45, 2.75) is 18.6 Å². The van der Waals surface area contributed by atoms with Gasteiger partial charge in [0.15, 0.2) is 11.0 Å². The molecule has 0 amide bonds. The first-order valence-corrected chi connectivity index (χ1v) is 7.59. The summed E-state index contributed by atoms with van der Waals surface area (Å²) >= 11 is 6.47. The van der Waals surface area contributed by atoms with Crippen molar-refractivity contribution in [2.24, 2.45) is 0 Å². The molecule has 0 aliphatic heterocycles. The zero-order chi connectivity index (χ0) is 12.3. The summed E-state index contributed by atoms with van der Waals surface area (Å²) < 4.78 is 3.08. The number of nitriles is 1. The highest BCUT2D eigenvalue weighted by Crippen LogP contribution is 2.30. The van der Waals surface area contributed by atoms with Crippen LogP contribution in [0.25, 0.3) is 10.7 Å². The van der Waals surface area contributed by atoms with E-state index in [1.807, 2.05) is 22.9 Å². The summed E-state index contributed by atoms with van der Waals surface area (Å²) in [6.45, 7) is 2.84. The van der Waals surface area contributed by atoms with E-state index in [0.29, 0.717) is 5.75 Å². The molecule has 0 N–H and O–H groups in total. The average Bonchev–Trinajstić information content (AvgIpc) is 2.91. The number of hydrogen-bond acceptors (Lipinski definition) is 5. The second-order valence-corrected chi connectivity index (χ2v) is 5.90. The Bertz CT molecular complexity index is 555. The van der Waals surface area contributed by atoms with Crippen LogP contribution in [0.2, 0.25) is 0 Å². The van der Waals surface area contributed by atoms with Crippen molar-refractivity contribution in [3.63, 3.8) is 0 Å². The zero-order valence-corrected chi connectivity index (χ0v) is 12.3. The lowest BCUT2D eigenvalue weighted by Gasteiger charge is -2.03. The fourth-order valence-electron chi connectivity index (χ4n) is 1.39. The molecule has 0 saturated heterocycles. The smallest absolute Gasteiger partial charge is 0.192 e. The Hall–Kier alpha value is -0.840. The summed E-state index contributed by atoms with van der Waals surface area (Å²) in [4.78, 5) is 1.08. The van der Waals surface area contributed by atoms with Crippen LogP contribution in [-0.4, -0.2) is 20.5 Å². The van der Waals surface area contributed by atoms with Gasteiger partial charge < -0.3 is 4.57 Å². The van der Waals surface area contributed by atoms with Gasteiger partial charge in [0.2, 0.25) is 0 Å². The lowest BCUT2D eigenvalue weighted by Crippen LogP contribution is -1.98. The summed E-state index contributed by atoms with van der Waals surface area (Å²) in [6, 6.07) is 4.12. The molecule has 4 nitrogen and oxygen atoms in total. The van der Waals surface area contributed by atoms with E-state index in [1.165, 1.54) is 11.8 Å². The maximum Gasteiger partial charge on any atom is 0.192 e. The van der Waals surface area contributed by atoms with E-state index >= 15 is 0 Å². The molecule has 0 saturated carbocycles. The first-order valence-electron chi connectivity index (χ1n) is 4.93. The number of thiophene rings is 1. The third kappa shape index (κ3) is 2.70. The minimum atomic E-state index is 0.395. The third-order valence-electron chi connectivity index (χ3n) is 2.09. The van der Waals surface area contributed by atoms with Crippen molar-refractivity contribution >= 4 is 39.0 Å². The standard InChI is InChI=1S/C10H9BrN4S2/c1-2-15-9(8-5-7(11)6-17-8)13-14-10(15)16-4-3-12/h5-6H,2,4H2,1H3. The van der Waals surface area contributed by atoms with E-state index in [9.17, 15) is 0 Å². The molecule has 0 aromatic carbocycles. The van der Waals surface area contributed by atoms with Gasteiger partial charge in [0.1, 0.15) is 0 Å². The molecule has 88 valence electrons. The first kappa shape index (κ1) is 12.6. The largest absolute Gasteiger partial charge is 0.302 e. The van der Waals surface area contributed by atoms with Gasteiger partial charge in [0.25, 0.3) is 0 Å². The molecule has 0 aliphatic carbocycles. The van der Waals surface area contributed by atoms with Crippen LogP contribution < -0.4 is 0 Å². The lowest BCUT2D eigenvalue weighted by molar-refractivity contribution is 0.688. The van der Waals surface area contributed by atoms with Crippen LogP contribution in [0.15, 0.2) is 21.1 Å². The Morgan fingerprint density at radius 3 is 3.00 bits per heavy atom. The highest BCUT2D eigenvalue weighted by Gasteiger charge is 2.14.